The van der Waals surface area contributed by atoms with Gasteiger partial charge in [-0.1, -0.05) is 42.1 Å². The second-order valence-electron chi connectivity index (χ2n) is 6.52. The van der Waals surface area contributed by atoms with Gasteiger partial charge in [0.15, 0.2) is 0 Å². The predicted molar refractivity (Wildman–Crippen MR) is 113 cm³/mol. The zero-order valence-corrected chi connectivity index (χ0v) is 18.3. The molecule has 0 radical (unpaired) electrons. The number of benzene rings is 2. The first kappa shape index (κ1) is 20.1. The van der Waals surface area contributed by atoms with Gasteiger partial charge in [0, 0.05) is 5.69 Å². The van der Waals surface area contributed by atoms with Crippen molar-refractivity contribution in [1.29, 1.82) is 0 Å². The minimum atomic E-state index is 0. The third-order valence-electron chi connectivity index (χ3n) is 4.59. The summed E-state index contributed by atoms with van der Waals surface area (Å²) in [7, 11) is 0. The number of para-hydroxylation sites is 1. The Morgan fingerprint density at radius 3 is 2.57 bits per heavy atom. The fraction of sp³-hybridized carbons (Fsp3) is 0.0833. The maximum absolute atomic E-state index is 5.63. The van der Waals surface area contributed by atoms with E-state index in [2.05, 4.69) is 34.3 Å². The maximum atomic E-state index is 5.63. The van der Waals surface area contributed by atoms with Gasteiger partial charge >= 0.3 is 21.1 Å². The van der Waals surface area contributed by atoms with Crippen molar-refractivity contribution in [2.24, 2.45) is 4.99 Å². The molecule has 0 atom stereocenters. The first-order chi connectivity index (χ1) is 14.4. The average Bonchev–Trinajstić information content (AvgIpc) is 3.50. The zero-order chi connectivity index (χ0) is 19.5. The molecule has 0 bridgehead atoms. The predicted octanol–water partition coefficient (Wildman–Crippen LogP) is 4.72. The van der Waals surface area contributed by atoms with Crippen molar-refractivity contribution in [3.63, 3.8) is 0 Å². The van der Waals surface area contributed by atoms with Crippen LogP contribution >= 0.6 is 0 Å². The first-order valence-corrected chi connectivity index (χ1v) is 9.46. The SMILES string of the molecule is [Pt+2].[c-]1c(C2=NCCO2)cccc1N(c1ccccc1)c1cccc(-n2[c-]ccc2)n1. The van der Waals surface area contributed by atoms with Gasteiger partial charge in [-0.3, -0.25) is 9.98 Å². The van der Waals surface area contributed by atoms with Gasteiger partial charge in [0.25, 0.3) is 0 Å². The molecule has 6 heteroatoms. The smallest absolute Gasteiger partial charge is 0.518 e. The number of anilines is 3. The van der Waals surface area contributed by atoms with Crippen LogP contribution in [0.15, 0.2) is 90.1 Å². The summed E-state index contributed by atoms with van der Waals surface area (Å²) in [4.78, 5) is 11.4. The molecule has 1 aliphatic rings. The van der Waals surface area contributed by atoms with Gasteiger partial charge < -0.3 is 14.2 Å². The van der Waals surface area contributed by atoms with E-state index in [1.54, 1.807) is 0 Å². The molecule has 30 heavy (non-hydrogen) atoms. The van der Waals surface area contributed by atoms with Crippen LogP contribution in [0.1, 0.15) is 5.56 Å². The third-order valence-corrected chi connectivity index (χ3v) is 4.59. The summed E-state index contributed by atoms with van der Waals surface area (Å²) in [6.07, 6.45) is 5.07. The Bertz CT molecular complexity index is 1140. The molecule has 1 aliphatic heterocycles. The second kappa shape index (κ2) is 9.10. The Labute approximate surface area is 189 Å². The van der Waals surface area contributed by atoms with E-state index in [1.807, 2.05) is 77.5 Å². The van der Waals surface area contributed by atoms with Crippen LogP contribution in [0.3, 0.4) is 0 Å². The number of hydrogen-bond donors (Lipinski definition) is 0. The summed E-state index contributed by atoms with van der Waals surface area (Å²) in [5, 5.41) is 0. The van der Waals surface area contributed by atoms with Crippen molar-refractivity contribution < 1.29 is 25.8 Å². The standard InChI is InChI=1S/C24H18N4O.Pt/c1-2-9-20(10-3-1)28(21-11-6-8-19(18-21)24-25-14-17-29-24)23-13-7-12-22(26-23)27-15-4-5-16-27;/h1-13,15H,14,17H2;/q-2;+2. The molecule has 5 rings (SSSR count). The van der Waals surface area contributed by atoms with Crippen molar-refractivity contribution >= 4 is 23.1 Å². The molecule has 0 amide bonds. The molecule has 0 fully saturated rings. The third kappa shape index (κ3) is 4.07. The fourth-order valence-corrected chi connectivity index (χ4v) is 3.29. The fourth-order valence-electron chi connectivity index (χ4n) is 3.29. The molecule has 0 spiro atoms. The number of ether oxygens (including phenoxy) is 1. The van der Waals surface area contributed by atoms with Gasteiger partial charge in [-0.25, -0.2) is 0 Å². The van der Waals surface area contributed by atoms with Crippen molar-refractivity contribution in [2.45, 2.75) is 0 Å². The van der Waals surface area contributed by atoms with E-state index < -0.39 is 0 Å². The summed E-state index contributed by atoms with van der Waals surface area (Å²) in [6.45, 7) is 1.31. The molecule has 150 valence electrons. The van der Waals surface area contributed by atoms with E-state index in [0.717, 1.165) is 28.6 Å². The van der Waals surface area contributed by atoms with E-state index in [9.17, 15) is 0 Å². The van der Waals surface area contributed by atoms with Gasteiger partial charge in [0.05, 0.1) is 19.0 Å². The topological polar surface area (TPSA) is 42.6 Å². The van der Waals surface area contributed by atoms with Crippen LogP contribution in [0.25, 0.3) is 5.82 Å². The van der Waals surface area contributed by atoms with E-state index in [0.29, 0.717) is 19.0 Å². The summed E-state index contributed by atoms with van der Waals surface area (Å²) >= 11 is 0. The van der Waals surface area contributed by atoms with Crippen LogP contribution in [0.4, 0.5) is 17.2 Å². The first-order valence-electron chi connectivity index (χ1n) is 9.46. The summed E-state index contributed by atoms with van der Waals surface area (Å²) in [5.74, 6) is 2.23. The molecular formula is C24H18N4OPt. The average molecular weight is 574 g/mol. The largest absolute Gasteiger partial charge is 2.00 e. The van der Waals surface area contributed by atoms with Gasteiger partial charge in [-0.05, 0) is 23.9 Å². The van der Waals surface area contributed by atoms with Crippen LogP contribution in [-0.4, -0.2) is 28.6 Å². The van der Waals surface area contributed by atoms with Crippen LogP contribution in [-0.2, 0) is 25.8 Å². The number of rotatable bonds is 5. The number of hydrogen-bond acceptors (Lipinski definition) is 4. The molecule has 0 saturated heterocycles. The van der Waals surface area contributed by atoms with Crippen LogP contribution in [0.2, 0.25) is 0 Å². The Morgan fingerprint density at radius 1 is 0.933 bits per heavy atom. The van der Waals surface area contributed by atoms with Gasteiger partial charge in [0.1, 0.15) is 11.7 Å². The monoisotopic (exact) mass is 573 g/mol. The molecule has 0 unspecified atom stereocenters. The molecule has 2 aromatic carbocycles. The van der Waals surface area contributed by atoms with Crippen LogP contribution < -0.4 is 4.90 Å². The quantitative estimate of drug-likeness (QED) is 0.325. The van der Waals surface area contributed by atoms with Gasteiger partial charge in [0.2, 0.25) is 0 Å². The van der Waals surface area contributed by atoms with Gasteiger partial charge in [-0.15, -0.1) is 36.5 Å². The minimum absolute atomic E-state index is 0. The Hall–Kier alpha value is -3.17. The maximum Gasteiger partial charge on any atom is 2.00 e. The van der Waals surface area contributed by atoms with Crippen LogP contribution in [0, 0.1) is 12.3 Å². The van der Waals surface area contributed by atoms with E-state index in [1.165, 1.54) is 0 Å². The molecule has 2 aromatic heterocycles. The normalized spacial score (nSPS) is 12.6. The molecule has 4 aromatic rings. The Kier molecular flexibility index (Phi) is 6.10. The van der Waals surface area contributed by atoms with Crippen molar-refractivity contribution in [2.75, 3.05) is 18.1 Å². The number of pyridine rings is 1. The second-order valence-corrected chi connectivity index (χ2v) is 6.52. The Balaban J connectivity index is 0.00000218. The number of aromatic nitrogens is 2. The molecular weight excluding hydrogens is 555 g/mol. The molecule has 0 saturated carbocycles. The minimum Gasteiger partial charge on any atom is -0.518 e. The molecule has 0 aliphatic carbocycles. The van der Waals surface area contributed by atoms with Crippen molar-refractivity contribution in [1.82, 2.24) is 9.55 Å². The Morgan fingerprint density at radius 2 is 1.80 bits per heavy atom. The van der Waals surface area contributed by atoms with Crippen LogP contribution in [0.5, 0.6) is 0 Å². The molecule has 3 heterocycles. The van der Waals surface area contributed by atoms with E-state index in [4.69, 9.17) is 9.72 Å². The summed E-state index contributed by atoms with van der Waals surface area (Å²) in [6, 6.07) is 29.3. The molecule has 5 nitrogen and oxygen atoms in total. The van der Waals surface area contributed by atoms with Crippen molar-refractivity contribution in [3.05, 3.63) is 103 Å². The zero-order valence-electron chi connectivity index (χ0n) is 16.0. The summed E-state index contributed by atoms with van der Waals surface area (Å²) < 4.78 is 7.50. The number of aliphatic imine (C=N–C) groups is 1. The van der Waals surface area contributed by atoms with E-state index in [-0.39, 0.29) is 21.1 Å². The number of nitrogens with zero attached hydrogens (tertiary/aromatic N) is 4. The molecule has 0 N–H and O–H groups in total. The summed E-state index contributed by atoms with van der Waals surface area (Å²) in [5.41, 5.74) is 2.71. The van der Waals surface area contributed by atoms with Crippen molar-refractivity contribution in [3.8, 4) is 5.82 Å². The van der Waals surface area contributed by atoms with E-state index >= 15 is 0 Å². The van der Waals surface area contributed by atoms with Gasteiger partial charge in [-0.2, -0.15) is 6.07 Å².